The van der Waals surface area contributed by atoms with E-state index in [4.69, 9.17) is 15.3 Å². The van der Waals surface area contributed by atoms with Crippen molar-refractivity contribution in [1.29, 1.82) is 0 Å². The van der Waals surface area contributed by atoms with Crippen molar-refractivity contribution in [2.75, 3.05) is 0 Å². The predicted molar refractivity (Wildman–Crippen MR) is 40.6 cm³/mol. The molecule has 1 saturated heterocycles. The van der Waals surface area contributed by atoms with E-state index in [0.29, 0.717) is 0 Å². The van der Waals surface area contributed by atoms with Crippen LogP contribution >= 0.6 is 0 Å². The van der Waals surface area contributed by atoms with Gasteiger partial charge in [0.05, 0.1) is 6.10 Å². The van der Waals surface area contributed by atoms with E-state index in [1.807, 2.05) is 0 Å². The van der Waals surface area contributed by atoms with E-state index in [1.165, 1.54) is 6.92 Å². The number of hydrogen-bond donors (Lipinski definition) is 5. The van der Waals surface area contributed by atoms with Crippen molar-refractivity contribution in [2.45, 2.75) is 43.7 Å². The molecule has 6 nitrogen and oxygen atoms in total. The molecule has 0 aromatic carbocycles. The Morgan fingerprint density at radius 2 is 1.54 bits per heavy atom. The Hall–Kier alpha value is -0.240. The van der Waals surface area contributed by atoms with E-state index in [2.05, 4.69) is 4.74 Å². The minimum Gasteiger partial charge on any atom is -0.391 e. The Morgan fingerprint density at radius 1 is 1.00 bits per heavy atom. The maximum atomic E-state index is 9.29. The standard InChI is InChI=1S/C7H14O6/c1-2(8)6-4(10)3(9)5(11)7(12)13-6/h2-12H,1H3/t2?,3-,4-,5+,6+,7-/m0/s1. The van der Waals surface area contributed by atoms with Crippen LogP contribution in [0.15, 0.2) is 0 Å². The molecule has 0 bridgehead atoms. The topological polar surface area (TPSA) is 110 Å². The van der Waals surface area contributed by atoms with Gasteiger partial charge < -0.3 is 30.3 Å². The van der Waals surface area contributed by atoms with Gasteiger partial charge in [-0.25, -0.2) is 0 Å². The lowest BCUT2D eigenvalue weighted by molar-refractivity contribution is -0.295. The molecule has 0 aromatic heterocycles. The fraction of sp³-hybridized carbons (Fsp3) is 1.00. The van der Waals surface area contributed by atoms with Crippen LogP contribution in [0.25, 0.3) is 0 Å². The first-order valence-electron chi connectivity index (χ1n) is 4.01. The van der Waals surface area contributed by atoms with Crippen LogP contribution in [-0.2, 0) is 4.74 Å². The molecule has 1 aliphatic rings. The SMILES string of the molecule is CC(O)[C@H]1O[C@H](O)[C@H](O)[C@@H](O)[C@@H]1O. The zero-order valence-corrected chi connectivity index (χ0v) is 7.11. The van der Waals surface area contributed by atoms with Gasteiger partial charge in [-0.05, 0) is 6.92 Å². The van der Waals surface area contributed by atoms with Gasteiger partial charge in [-0.3, -0.25) is 0 Å². The summed E-state index contributed by atoms with van der Waals surface area (Å²) in [5.74, 6) is 0. The maximum absolute atomic E-state index is 9.29. The molecule has 1 rings (SSSR count). The van der Waals surface area contributed by atoms with Crippen LogP contribution in [0, 0.1) is 0 Å². The lowest BCUT2D eigenvalue weighted by Crippen LogP contribution is -2.60. The summed E-state index contributed by atoms with van der Waals surface area (Å²) >= 11 is 0. The largest absolute Gasteiger partial charge is 0.391 e. The highest BCUT2D eigenvalue weighted by molar-refractivity contribution is 4.90. The molecule has 5 N–H and O–H groups in total. The highest BCUT2D eigenvalue weighted by Crippen LogP contribution is 2.21. The summed E-state index contributed by atoms with van der Waals surface area (Å²) in [5.41, 5.74) is 0. The second-order valence-electron chi connectivity index (χ2n) is 3.20. The molecule has 78 valence electrons. The number of aliphatic hydroxyl groups is 5. The second kappa shape index (κ2) is 3.87. The van der Waals surface area contributed by atoms with Crippen molar-refractivity contribution in [3.8, 4) is 0 Å². The summed E-state index contributed by atoms with van der Waals surface area (Å²) in [4.78, 5) is 0. The van der Waals surface area contributed by atoms with Crippen LogP contribution < -0.4 is 0 Å². The average molecular weight is 194 g/mol. The Labute approximate surface area is 75.0 Å². The summed E-state index contributed by atoms with van der Waals surface area (Å²) in [6, 6.07) is 0. The van der Waals surface area contributed by atoms with E-state index in [-0.39, 0.29) is 0 Å². The molecular formula is C7H14O6. The quantitative estimate of drug-likeness (QED) is 0.308. The fourth-order valence-electron chi connectivity index (χ4n) is 1.29. The second-order valence-corrected chi connectivity index (χ2v) is 3.20. The van der Waals surface area contributed by atoms with Gasteiger partial charge in [0.25, 0.3) is 0 Å². The number of hydrogen-bond acceptors (Lipinski definition) is 6. The molecule has 6 heteroatoms. The Kier molecular flexibility index (Phi) is 3.23. The molecule has 1 heterocycles. The first-order valence-corrected chi connectivity index (χ1v) is 4.01. The fourth-order valence-corrected chi connectivity index (χ4v) is 1.29. The lowest BCUT2D eigenvalue weighted by Gasteiger charge is -2.39. The third-order valence-electron chi connectivity index (χ3n) is 2.10. The van der Waals surface area contributed by atoms with E-state index in [0.717, 1.165) is 0 Å². The van der Waals surface area contributed by atoms with Gasteiger partial charge in [0, 0.05) is 0 Å². The summed E-state index contributed by atoms with van der Waals surface area (Å²) in [5, 5.41) is 45.6. The number of ether oxygens (including phenoxy) is 1. The molecule has 0 spiro atoms. The summed E-state index contributed by atoms with van der Waals surface area (Å²) < 4.78 is 4.69. The van der Waals surface area contributed by atoms with Gasteiger partial charge in [-0.15, -0.1) is 0 Å². The molecule has 0 amide bonds. The Balaban J connectivity index is 2.70. The number of rotatable bonds is 1. The lowest BCUT2D eigenvalue weighted by atomic mass is 9.96. The zero-order chi connectivity index (χ0) is 10.2. The molecular weight excluding hydrogens is 180 g/mol. The Morgan fingerprint density at radius 3 is 2.00 bits per heavy atom. The third kappa shape index (κ3) is 1.98. The number of aliphatic hydroxyl groups excluding tert-OH is 5. The molecule has 1 aliphatic heterocycles. The van der Waals surface area contributed by atoms with E-state index in [1.54, 1.807) is 0 Å². The van der Waals surface area contributed by atoms with E-state index < -0.39 is 36.8 Å². The minimum absolute atomic E-state index is 1.04. The molecule has 6 atom stereocenters. The summed E-state index contributed by atoms with van der Waals surface area (Å²) in [6.07, 6.45) is -8.18. The van der Waals surface area contributed by atoms with Gasteiger partial charge >= 0.3 is 0 Å². The zero-order valence-electron chi connectivity index (χ0n) is 7.11. The smallest absolute Gasteiger partial charge is 0.184 e. The predicted octanol–water partition coefficient (Wildman–Crippen LogP) is -2.83. The minimum atomic E-state index is -1.59. The van der Waals surface area contributed by atoms with Gasteiger partial charge in [-0.1, -0.05) is 0 Å². The average Bonchev–Trinajstić information content (AvgIpc) is 2.07. The molecule has 13 heavy (non-hydrogen) atoms. The Bertz CT molecular complexity index is 172. The highest BCUT2D eigenvalue weighted by Gasteiger charge is 2.44. The summed E-state index contributed by atoms with van der Waals surface area (Å²) in [6.45, 7) is 1.35. The van der Waals surface area contributed by atoms with Gasteiger partial charge in [-0.2, -0.15) is 0 Å². The first-order chi connectivity index (χ1) is 5.95. The van der Waals surface area contributed by atoms with Crippen molar-refractivity contribution in [1.82, 2.24) is 0 Å². The van der Waals surface area contributed by atoms with Crippen LogP contribution in [0.2, 0.25) is 0 Å². The summed E-state index contributed by atoms with van der Waals surface area (Å²) in [7, 11) is 0. The molecule has 1 fully saturated rings. The van der Waals surface area contributed by atoms with Crippen LogP contribution in [0.3, 0.4) is 0 Å². The van der Waals surface area contributed by atoms with Crippen molar-refractivity contribution in [3.05, 3.63) is 0 Å². The van der Waals surface area contributed by atoms with Gasteiger partial charge in [0.2, 0.25) is 0 Å². The third-order valence-corrected chi connectivity index (χ3v) is 2.10. The normalized spacial score (nSPS) is 48.9. The maximum Gasteiger partial charge on any atom is 0.184 e. The van der Waals surface area contributed by atoms with Crippen molar-refractivity contribution in [2.24, 2.45) is 0 Å². The van der Waals surface area contributed by atoms with Crippen molar-refractivity contribution in [3.63, 3.8) is 0 Å². The van der Waals surface area contributed by atoms with Gasteiger partial charge in [0.1, 0.15) is 24.4 Å². The van der Waals surface area contributed by atoms with Crippen LogP contribution in [0.5, 0.6) is 0 Å². The van der Waals surface area contributed by atoms with Crippen LogP contribution in [-0.4, -0.2) is 62.3 Å². The molecule has 0 saturated carbocycles. The molecule has 1 unspecified atom stereocenters. The van der Waals surface area contributed by atoms with Crippen molar-refractivity contribution >= 4 is 0 Å². The van der Waals surface area contributed by atoms with Crippen LogP contribution in [0.1, 0.15) is 6.92 Å². The van der Waals surface area contributed by atoms with Crippen LogP contribution in [0.4, 0.5) is 0 Å². The molecule has 0 aromatic rings. The first kappa shape index (κ1) is 10.8. The molecule has 0 radical (unpaired) electrons. The van der Waals surface area contributed by atoms with Crippen molar-refractivity contribution < 1.29 is 30.3 Å². The highest BCUT2D eigenvalue weighted by atomic mass is 16.6. The molecule has 0 aliphatic carbocycles. The van der Waals surface area contributed by atoms with Gasteiger partial charge in [0.15, 0.2) is 6.29 Å². The monoisotopic (exact) mass is 194 g/mol. The van der Waals surface area contributed by atoms with E-state index in [9.17, 15) is 10.2 Å². The van der Waals surface area contributed by atoms with E-state index >= 15 is 0 Å².